The van der Waals surface area contributed by atoms with Crippen molar-refractivity contribution in [2.75, 3.05) is 0 Å². The lowest BCUT2D eigenvalue weighted by Gasteiger charge is -1.94. The monoisotopic (exact) mass is 184 g/mol. The van der Waals surface area contributed by atoms with Crippen molar-refractivity contribution >= 4 is 23.1 Å². The molecule has 1 rings (SSSR count). The molecule has 0 aliphatic rings. The Morgan fingerprint density at radius 3 is 2.75 bits per heavy atom. The summed E-state index contributed by atoms with van der Waals surface area (Å²) >= 11 is 1.18. The van der Waals surface area contributed by atoms with Crippen LogP contribution in [0.2, 0.25) is 0 Å². The predicted molar refractivity (Wildman–Crippen MR) is 45.7 cm³/mol. The minimum atomic E-state index is -1.38. The number of rotatable bonds is 3. The second-order valence-corrected chi connectivity index (χ2v) is 3.18. The van der Waals surface area contributed by atoms with E-state index in [-0.39, 0.29) is 0 Å². The van der Waals surface area contributed by atoms with E-state index in [1.807, 2.05) is 6.92 Å². The number of Topliss-reactive ketones (excluding diaryl/α,β-unsaturated/α-hetero) is 1. The quantitative estimate of drug-likeness (QED) is 0.573. The summed E-state index contributed by atoms with van der Waals surface area (Å²) in [6, 6.07) is 1.78. The number of carboxylic acid groups (broad SMARTS) is 1. The summed E-state index contributed by atoms with van der Waals surface area (Å²) in [6.45, 7) is 1.89. The summed E-state index contributed by atoms with van der Waals surface area (Å²) in [5, 5.41) is 10.2. The fourth-order valence-electron chi connectivity index (χ4n) is 0.910. The van der Waals surface area contributed by atoms with Crippen molar-refractivity contribution in [1.29, 1.82) is 0 Å². The number of aryl methyl sites for hydroxylation is 1. The van der Waals surface area contributed by atoms with Gasteiger partial charge in [0.1, 0.15) is 0 Å². The summed E-state index contributed by atoms with van der Waals surface area (Å²) in [5.41, 5.74) is 0.812. The summed E-state index contributed by atoms with van der Waals surface area (Å²) in [7, 11) is 0. The Labute approximate surface area is 73.6 Å². The van der Waals surface area contributed by atoms with Crippen LogP contribution in [0.3, 0.4) is 0 Å². The number of carboxylic acids is 1. The summed E-state index contributed by atoms with van der Waals surface area (Å²) in [4.78, 5) is 21.7. The summed E-state index contributed by atoms with van der Waals surface area (Å²) < 4.78 is 0. The van der Waals surface area contributed by atoms with E-state index in [4.69, 9.17) is 5.11 Å². The van der Waals surface area contributed by atoms with Gasteiger partial charge in [-0.3, -0.25) is 4.79 Å². The fraction of sp³-hybridized carbons (Fsp3) is 0.250. The van der Waals surface area contributed by atoms with Gasteiger partial charge in [0.15, 0.2) is 0 Å². The number of hydrogen-bond donors (Lipinski definition) is 1. The van der Waals surface area contributed by atoms with E-state index in [2.05, 4.69) is 0 Å². The van der Waals surface area contributed by atoms with Crippen LogP contribution >= 0.6 is 11.3 Å². The van der Waals surface area contributed by atoms with Crippen molar-refractivity contribution in [1.82, 2.24) is 0 Å². The fourth-order valence-corrected chi connectivity index (χ4v) is 1.84. The topological polar surface area (TPSA) is 54.4 Å². The summed E-state index contributed by atoms with van der Waals surface area (Å²) in [6.07, 6.45) is 0.692. The highest BCUT2D eigenvalue weighted by Crippen LogP contribution is 2.17. The third kappa shape index (κ3) is 1.53. The molecule has 0 aliphatic carbocycles. The number of thiophene rings is 1. The lowest BCUT2D eigenvalue weighted by atomic mass is 10.1. The first kappa shape index (κ1) is 8.93. The molecular formula is C8H8O3S. The number of ketones is 1. The van der Waals surface area contributed by atoms with E-state index >= 15 is 0 Å². The van der Waals surface area contributed by atoms with E-state index in [9.17, 15) is 9.59 Å². The number of aliphatic carboxylic acids is 1. The van der Waals surface area contributed by atoms with Crippen LogP contribution in [0.1, 0.15) is 22.2 Å². The second kappa shape index (κ2) is 3.49. The molecule has 3 nitrogen and oxygen atoms in total. The minimum absolute atomic E-state index is 0.352. The maximum absolute atomic E-state index is 11.0. The molecule has 0 spiro atoms. The van der Waals surface area contributed by atoms with Crippen molar-refractivity contribution in [2.45, 2.75) is 13.3 Å². The Balaban J connectivity index is 3.02. The first-order valence-corrected chi connectivity index (χ1v) is 4.38. The highest BCUT2D eigenvalue weighted by Gasteiger charge is 2.18. The minimum Gasteiger partial charge on any atom is -0.475 e. The molecule has 64 valence electrons. The van der Waals surface area contributed by atoms with Crippen LogP contribution in [-0.2, 0) is 11.2 Å². The smallest absolute Gasteiger partial charge is 0.378 e. The lowest BCUT2D eigenvalue weighted by Crippen LogP contribution is -2.12. The zero-order valence-electron chi connectivity index (χ0n) is 6.53. The predicted octanol–water partition coefficient (Wildman–Crippen LogP) is 1.58. The van der Waals surface area contributed by atoms with Crippen molar-refractivity contribution in [3.8, 4) is 0 Å². The van der Waals surface area contributed by atoms with Crippen molar-refractivity contribution in [3.05, 3.63) is 21.9 Å². The van der Waals surface area contributed by atoms with Crippen LogP contribution in [0.15, 0.2) is 11.4 Å². The highest BCUT2D eigenvalue weighted by molar-refractivity contribution is 7.13. The van der Waals surface area contributed by atoms with Gasteiger partial charge in [0.05, 0.1) is 4.88 Å². The van der Waals surface area contributed by atoms with E-state index in [1.165, 1.54) is 11.3 Å². The molecule has 0 radical (unpaired) electrons. The Morgan fingerprint density at radius 1 is 1.58 bits per heavy atom. The second-order valence-electron chi connectivity index (χ2n) is 2.26. The SMILES string of the molecule is CCc1ccsc1C(=O)C(=O)O. The molecule has 12 heavy (non-hydrogen) atoms. The Kier molecular flexibility index (Phi) is 2.60. The molecule has 0 saturated carbocycles. The van der Waals surface area contributed by atoms with Crippen molar-refractivity contribution < 1.29 is 14.7 Å². The normalized spacial score (nSPS) is 9.75. The van der Waals surface area contributed by atoms with Crippen LogP contribution in [0, 0.1) is 0 Å². The largest absolute Gasteiger partial charge is 0.475 e. The van der Waals surface area contributed by atoms with Gasteiger partial charge in [-0.05, 0) is 23.4 Å². The van der Waals surface area contributed by atoms with E-state index in [0.29, 0.717) is 11.3 Å². The summed E-state index contributed by atoms with van der Waals surface area (Å²) in [5.74, 6) is -2.19. The molecule has 0 fully saturated rings. The molecule has 1 aromatic rings. The maximum Gasteiger partial charge on any atom is 0.378 e. The molecule has 4 heteroatoms. The molecule has 0 aliphatic heterocycles. The van der Waals surface area contributed by atoms with Crippen LogP contribution in [0.4, 0.5) is 0 Å². The molecule has 0 amide bonds. The van der Waals surface area contributed by atoms with E-state index < -0.39 is 11.8 Å². The Hall–Kier alpha value is -1.16. The van der Waals surface area contributed by atoms with Crippen LogP contribution in [0.5, 0.6) is 0 Å². The van der Waals surface area contributed by atoms with Crippen molar-refractivity contribution in [2.24, 2.45) is 0 Å². The molecule has 1 heterocycles. The maximum atomic E-state index is 11.0. The van der Waals surface area contributed by atoms with Crippen molar-refractivity contribution in [3.63, 3.8) is 0 Å². The van der Waals surface area contributed by atoms with E-state index in [0.717, 1.165) is 5.56 Å². The van der Waals surface area contributed by atoms with Crippen LogP contribution in [-0.4, -0.2) is 16.9 Å². The standard InChI is InChI=1S/C8H8O3S/c1-2-5-3-4-12-7(5)6(9)8(10)11/h3-4H,2H2,1H3,(H,10,11). The van der Waals surface area contributed by atoms with Gasteiger partial charge in [0.2, 0.25) is 0 Å². The lowest BCUT2D eigenvalue weighted by molar-refractivity contribution is -0.131. The molecule has 0 bridgehead atoms. The van der Waals surface area contributed by atoms with Crippen LogP contribution < -0.4 is 0 Å². The van der Waals surface area contributed by atoms with Gasteiger partial charge in [-0.2, -0.15) is 0 Å². The van der Waals surface area contributed by atoms with Crippen LogP contribution in [0.25, 0.3) is 0 Å². The average Bonchev–Trinajstić information content (AvgIpc) is 2.49. The molecular weight excluding hydrogens is 176 g/mol. The molecule has 0 atom stereocenters. The van der Waals surface area contributed by atoms with Gasteiger partial charge < -0.3 is 5.11 Å². The Morgan fingerprint density at radius 2 is 2.25 bits per heavy atom. The first-order chi connectivity index (χ1) is 5.66. The third-order valence-corrected chi connectivity index (χ3v) is 2.48. The highest BCUT2D eigenvalue weighted by atomic mass is 32.1. The molecule has 0 unspecified atom stereocenters. The van der Waals surface area contributed by atoms with Gasteiger partial charge in [-0.1, -0.05) is 6.92 Å². The molecule has 1 aromatic heterocycles. The zero-order chi connectivity index (χ0) is 9.14. The Bertz CT molecular complexity index is 314. The molecule has 1 N–H and O–H groups in total. The van der Waals surface area contributed by atoms with Gasteiger partial charge in [-0.15, -0.1) is 11.3 Å². The molecule has 0 saturated heterocycles. The number of carbonyl (C=O) groups excluding carboxylic acids is 1. The van der Waals surface area contributed by atoms with Gasteiger partial charge in [0, 0.05) is 0 Å². The third-order valence-electron chi connectivity index (χ3n) is 1.53. The number of hydrogen-bond acceptors (Lipinski definition) is 3. The number of carbonyl (C=O) groups is 2. The molecule has 0 aromatic carbocycles. The van der Waals surface area contributed by atoms with E-state index in [1.54, 1.807) is 11.4 Å². The van der Waals surface area contributed by atoms with Gasteiger partial charge in [0.25, 0.3) is 5.78 Å². The first-order valence-electron chi connectivity index (χ1n) is 3.50. The zero-order valence-corrected chi connectivity index (χ0v) is 7.35. The van der Waals surface area contributed by atoms with Gasteiger partial charge in [-0.25, -0.2) is 4.79 Å². The van der Waals surface area contributed by atoms with Gasteiger partial charge >= 0.3 is 5.97 Å². The average molecular weight is 184 g/mol.